The van der Waals surface area contributed by atoms with E-state index in [-0.39, 0.29) is 30.1 Å². The lowest BCUT2D eigenvalue weighted by Gasteiger charge is -2.44. The summed E-state index contributed by atoms with van der Waals surface area (Å²) >= 11 is 1.68. The molecule has 2 aromatic rings. The van der Waals surface area contributed by atoms with Crippen molar-refractivity contribution in [3.05, 3.63) is 47.3 Å². The zero-order chi connectivity index (χ0) is 24.3. The van der Waals surface area contributed by atoms with Crippen LogP contribution in [0.5, 0.6) is 0 Å². The average molecular weight is 485 g/mol. The molecule has 1 aliphatic heterocycles. The van der Waals surface area contributed by atoms with Crippen molar-refractivity contribution >= 4 is 29.5 Å². The highest BCUT2D eigenvalue weighted by molar-refractivity contribution is 7.98. The summed E-state index contributed by atoms with van der Waals surface area (Å²) in [4.78, 5) is 42.1. The lowest BCUT2D eigenvalue weighted by atomic mass is 9.91. The van der Waals surface area contributed by atoms with Crippen molar-refractivity contribution in [2.75, 3.05) is 19.9 Å². The number of methoxy groups -OCH3 is 1. The molecule has 0 spiro atoms. The number of hydrogen-bond donors (Lipinski definition) is 1. The molecule has 1 atom stereocenters. The zero-order valence-corrected chi connectivity index (χ0v) is 20.8. The topological polar surface area (TPSA) is 93.5 Å². The molecular formula is C25H32N4O4S. The minimum absolute atomic E-state index is 0.0652. The molecule has 0 saturated heterocycles. The zero-order valence-electron chi connectivity index (χ0n) is 20.0. The first kappa shape index (κ1) is 24.3. The van der Waals surface area contributed by atoms with Crippen LogP contribution in [0.2, 0.25) is 0 Å². The molecule has 1 aliphatic carbocycles. The van der Waals surface area contributed by atoms with Gasteiger partial charge in [-0.05, 0) is 50.1 Å². The number of thioether (sulfide) groups is 1. The summed E-state index contributed by atoms with van der Waals surface area (Å²) in [5.74, 6) is -1.09. The van der Waals surface area contributed by atoms with E-state index >= 15 is 0 Å². The summed E-state index contributed by atoms with van der Waals surface area (Å²) in [5.41, 5.74) is 0.326. The fraction of sp³-hybridized carbons (Fsp3) is 0.520. The minimum Gasteiger partial charge on any atom is -0.464 e. The van der Waals surface area contributed by atoms with Crippen LogP contribution in [0.15, 0.2) is 35.2 Å². The Labute approximate surface area is 204 Å². The Morgan fingerprint density at radius 1 is 1.21 bits per heavy atom. The Morgan fingerprint density at radius 3 is 2.56 bits per heavy atom. The molecule has 2 amide bonds. The number of carbonyl (C=O) groups excluding carboxylic acids is 3. The smallest absolute Gasteiger partial charge is 0.358 e. The van der Waals surface area contributed by atoms with Gasteiger partial charge in [0.2, 0.25) is 5.91 Å². The lowest BCUT2D eigenvalue weighted by Crippen LogP contribution is -2.65. The van der Waals surface area contributed by atoms with Crippen LogP contribution in [0.1, 0.15) is 65.6 Å². The predicted molar refractivity (Wildman–Crippen MR) is 130 cm³/mol. The molecule has 1 saturated carbocycles. The van der Waals surface area contributed by atoms with E-state index < -0.39 is 11.5 Å². The van der Waals surface area contributed by atoms with Crippen LogP contribution in [-0.2, 0) is 22.5 Å². The fourth-order valence-electron chi connectivity index (χ4n) is 4.82. The summed E-state index contributed by atoms with van der Waals surface area (Å²) in [6.07, 6.45) is 7.95. The summed E-state index contributed by atoms with van der Waals surface area (Å²) in [6, 6.07) is 9.81. The van der Waals surface area contributed by atoms with Gasteiger partial charge in [-0.2, -0.15) is 5.10 Å². The highest BCUT2D eigenvalue weighted by Gasteiger charge is 2.48. The van der Waals surface area contributed by atoms with Gasteiger partial charge in [-0.25, -0.2) is 4.79 Å². The van der Waals surface area contributed by atoms with Crippen LogP contribution in [0.25, 0.3) is 0 Å². The van der Waals surface area contributed by atoms with Crippen molar-refractivity contribution < 1.29 is 19.1 Å². The van der Waals surface area contributed by atoms with E-state index in [2.05, 4.69) is 34.7 Å². The molecule has 2 heterocycles. The molecule has 2 aliphatic rings. The Kier molecular flexibility index (Phi) is 7.30. The molecule has 1 fully saturated rings. The van der Waals surface area contributed by atoms with E-state index in [0.717, 1.165) is 31.2 Å². The number of benzene rings is 1. The number of amides is 2. The molecular weight excluding hydrogens is 452 g/mol. The Balaban J connectivity index is 1.61. The van der Waals surface area contributed by atoms with Crippen LogP contribution in [-0.4, -0.2) is 64.0 Å². The standard InChI is InChI=1S/C25H32N4O4S/c1-25(24(32)26-18-7-5-4-6-8-18)16-29-21(15-20(27-29)23(31)33-2)22(30)28(25)14-13-17-9-11-19(34-3)12-10-17/h9-12,15,18H,4-8,13-14,16H2,1-3H3,(H,26,32)/t25-/m0/s1. The fourth-order valence-corrected chi connectivity index (χ4v) is 5.23. The lowest BCUT2D eigenvalue weighted by molar-refractivity contribution is -0.134. The minimum atomic E-state index is -1.12. The molecule has 1 aromatic heterocycles. The molecule has 4 rings (SSSR count). The van der Waals surface area contributed by atoms with Gasteiger partial charge in [0.25, 0.3) is 5.91 Å². The molecule has 0 radical (unpaired) electrons. The summed E-state index contributed by atoms with van der Waals surface area (Å²) < 4.78 is 6.25. The third kappa shape index (κ3) is 4.85. The Hall–Kier alpha value is -2.81. The van der Waals surface area contributed by atoms with Crippen LogP contribution in [0.3, 0.4) is 0 Å². The van der Waals surface area contributed by atoms with Crippen molar-refractivity contribution in [2.24, 2.45) is 0 Å². The van der Waals surface area contributed by atoms with Gasteiger partial charge in [0.15, 0.2) is 5.69 Å². The van der Waals surface area contributed by atoms with E-state index in [0.29, 0.717) is 18.7 Å². The third-order valence-corrected chi connectivity index (χ3v) is 7.65. The van der Waals surface area contributed by atoms with Crippen molar-refractivity contribution in [1.82, 2.24) is 20.0 Å². The van der Waals surface area contributed by atoms with Gasteiger partial charge in [-0.1, -0.05) is 31.4 Å². The van der Waals surface area contributed by atoms with E-state index in [4.69, 9.17) is 4.74 Å². The maximum atomic E-state index is 13.6. The molecule has 0 unspecified atom stereocenters. The van der Waals surface area contributed by atoms with E-state index in [1.165, 1.54) is 29.2 Å². The second kappa shape index (κ2) is 10.2. The van der Waals surface area contributed by atoms with Gasteiger partial charge in [0.1, 0.15) is 11.2 Å². The molecule has 0 bridgehead atoms. The van der Waals surface area contributed by atoms with Crippen LogP contribution in [0.4, 0.5) is 0 Å². The SMILES string of the molecule is COC(=O)c1cc2n(n1)C[C@@](C)(C(=O)NC1CCCCC1)N(CCc1ccc(SC)cc1)C2=O. The highest BCUT2D eigenvalue weighted by atomic mass is 32.2. The number of nitrogens with zero attached hydrogens (tertiary/aromatic N) is 3. The second-order valence-electron chi connectivity index (χ2n) is 9.20. The van der Waals surface area contributed by atoms with E-state index in [1.54, 1.807) is 23.6 Å². The van der Waals surface area contributed by atoms with Gasteiger partial charge in [0.05, 0.1) is 13.7 Å². The summed E-state index contributed by atoms with van der Waals surface area (Å²) in [5, 5.41) is 7.48. The van der Waals surface area contributed by atoms with Gasteiger partial charge >= 0.3 is 5.97 Å². The predicted octanol–water partition coefficient (Wildman–Crippen LogP) is 3.30. The summed E-state index contributed by atoms with van der Waals surface area (Å²) in [7, 11) is 1.28. The number of carbonyl (C=O) groups is 3. The van der Waals surface area contributed by atoms with E-state index in [9.17, 15) is 14.4 Å². The number of esters is 1. The van der Waals surface area contributed by atoms with Gasteiger partial charge < -0.3 is 15.0 Å². The third-order valence-electron chi connectivity index (χ3n) is 6.90. The number of nitrogens with one attached hydrogen (secondary N) is 1. The van der Waals surface area contributed by atoms with Gasteiger partial charge in [-0.15, -0.1) is 11.8 Å². The molecule has 1 N–H and O–H groups in total. The maximum absolute atomic E-state index is 13.6. The first-order chi connectivity index (χ1) is 16.4. The van der Waals surface area contributed by atoms with E-state index in [1.807, 2.05) is 6.26 Å². The number of aromatic nitrogens is 2. The van der Waals surface area contributed by atoms with Gasteiger partial charge in [0, 0.05) is 23.5 Å². The van der Waals surface area contributed by atoms with Crippen molar-refractivity contribution in [3.8, 4) is 0 Å². The first-order valence-corrected chi connectivity index (χ1v) is 13.0. The maximum Gasteiger partial charge on any atom is 0.358 e. The van der Waals surface area contributed by atoms with Crippen molar-refractivity contribution in [2.45, 2.75) is 68.5 Å². The van der Waals surface area contributed by atoms with Crippen molar-refractivity contribution in [3.63, 3.8) is 0 Å². The second-order valence-corrected chi connectivity index (χ2v) is 10.1. The first-order valence-electron chi connectivity index (χ1n) is 11.8. The average Bonchev–Trinajstić information content (AvgIpc) is 3.28. The van der Waals surface area contributed by atoms with Gasteiger partial charge in [-0.3, -0.25) is 14.3 Å². The Bertz CT molecular complexity index is 1060. The van der Waals surface area contributed by atoms with Crippen LogP contribution < -0.4 is 5.32 Å². The molecule has 1 aromatic carbocycles. The quantitative estimate of drug-likeness (QED) is 0.479. The molecule has 8 nitrogen and oxygen atoms in total. The number of fused-ring (bicyclic) bond motifs is 1. The normalized spacial score (nSPS) is 20.7. The van der Waals surface area contributed by atoms with Crippen LogP contribution >= 0.6 is 11.8 Å². The van der Waals surface area contributed by atoms with Crippen molar-refractivity contribution in [1.29, 1.82) is 0 Å². The number of rotatable bonds is 7. The number of hydrogen-bond acceptors (Lipinski definition) is 6. The highest BCUT2D eigenvalue weighted by Crippen LogP contribution is 2.29. The Morgan fingerprint density at radius 2 is 1.91 bits per heavy atom. The number of ether oxygens (including phenoxy) is 1. The summed E-state index contributed by atoms with van der Waals surface area (Å²) in [6.45, 7) is 2.35. The monoisotopic (exact) mass is 484 g/mol. The molecule has 34 heavy (non-hydrogen) atoms. The molecule has 182 valence electrons. The molecule has 9 heteroatoms. The largest absolute Gasteiger partial charge is 0.464 e. The van der Waals surface area contributed by atoms with Crippen LogP contribution in [0, 0.1) is 0 Å².